The monoisotopic (exact) mass is 417 g/mol. The summed E-state index contributed by atoms with van der Waals surface area (Å²) in [6.45, 7) is -0.0143. The van der Waals surface area contributed by atoms with Gasteiger partial charge in [0.1, 0.15) is 5.76 Å². The topological polar surface area (TPSA) is 83.4 Å². The molecule has 0 aliphatic carbocycles. The molecular formula is C21H18F3N3O3. The molecule has 3 aromatic rings. The van der Waals surface area contributed by atoms with E-state index in [2.05, 4.69) is 16.0 Å². The maximum atomic E-state index is 12.7. The van der Waals surface area contributed by atoms with Crippen molar-refractivity contribution in [3.8, 4) is 0 Å². The maximum absolute atomic E-state index is 12.7. The Morgan fingerprint density at radius 3 is 2.43 bits per heavy atom. The van der Waals surface area contributed by atoms with Crippen molar-refractivity contribution in [3.05, 3.63) is 83.8 Å². The van der Waals surface area contributed by atoms with E-state index in [1.165, 1.54) is 24.5 Å². The van der Waals surface area contributed by atoms with Crippen molar-refractivity contribution in [1.82, 2.24) is 5.32 Å². The molecule has 0 unspecified atom stereocenters. The molecule has 6 nitrogen and oxygen atoms in total. The Morgan fingerprint density at radius 1 is 0.933 bits per heavy atom. The molecule has 0 radical (unpaired) electrons. The summed E-state index contributed by atoms with van der Waals surface area (Å²) in [7, 11) is 0. The van der Waals surface area contributed by atoms with Gasteiger partial charge in [0.25, 0.3) is 5.91 Å². The van der Waals surface area contributed by atoms with Crippen LogP contribution in [0.5, 0.6) is 0 Å². The van der Waals surface area contributed by atoms with E-state index in [1.807, 2.05) is 0 Å². The average Bonchev–Trinajstić information content (AvgIpc) is 3.24. The van der Waals surface area contributed by atoms with Gasteiger partial charge in [-0.05, 0) is 48.5 Å². The largest absolute Gasteiger partial charge is 0.467 e. The number of alkyl halides is 3. The Balaban J connectivity index is 1.54. The summed E-state index contributed by atoms with van der Waals surface area (Å²) in [5.41, 5.74) is 0.0916. The number of carbonyl (C=O) groups is 2. The number of benzene rings is 2. The molecule has 0 bridgehead atoms. The smallest absolute Gasteiger partial charge is 0.416 e. The molecule has 1 aromatic heterocycles. The normalized spacial score (nSPS) is 11.0. The van der Waals surface area contributed by atoms with Crippen molar-refractivity contribution in [3.63, 3.8) is 0 Å². The SMILES string of the molecule is O=C(CNc1cccc(C(F)(F)F)c1)Nc1cccc(C(=O)NCc2ccco2)c1. The third kappa shape index (κ3) is 5.87. The number of hydrogen-bond donors (Lipinski definition) is 3. The Hall–Kier alpha value is -3.75. The highest BCUT2D eigenvalue weighted by atomic mass is 19.4. The van der Waals surface area contributed by atoms with Crippen LogP contribution in [0.25, 0.3) is 0 Å². The highest BCUT2D eigenvalue weighted by Gasteiger charge is 2.30. The standard InChI is InChI=1S/C21H18F3N3O3/c22-21(23,24)15-5-2-6-16(11-15)25-13-19(28)27-17-7-1-4-14(10-17)20(29)26-12-18-8-3-9-30-18/h1-11,25H,12-13H2,(H,26,29)(H,27,28). The quantitative estimate of drug-likeness (QED) is 0.536. The fourth-order valence-electron chi connectivity index (χ4n) is 2.61. The molecule has 0 fully saturated rings. The Bertz CT molecular complexity index is 1020. The molecule has 0 aliphatic heterocycles. The van der Waals surface area contributed by atoms with Gasteiger partial charge in [0.05, 0.1) is 24.9 Å². The first kappa shape index (κ1) is 21.0. The maximum Gasteiger partial charge on any atom is 0.416 e. The zero-order valence-corrected chi connectivity index (χ0v) is 15.6. The predicted molar refractivity (Wildman–Crippen MR) is 105 cm³/mol. The number of hydrogen-bond acceptors (Lipinski definition) is 4. The molecule has 0 spiro atoms. The zero-order chi connectivity index (χ0) is 21.6. The second-order valence-electron chi connectivity index (χ2n) is 6.32. The molecule has 2 aromatic carbocycles. The molecule has 0 atom stereocenters. The molecule has 156 valence electrons. The molecule has 3 N–H and O–H groups in total. The molecule has 9 heteroatoms. The fourth-order valence-corrected chi connectivity index (χ4v) is 2.61. The van der Waals surface area contributed by atoms with Crippen molar-refractivity contribution in [1.29, 1.82) is 0 Å². The molecule has 0 aliphatic rings. The first-order chi connectivity index (χ1) is 14.3. The third-order valence-electron chi connectivity index (χ3n) is 4.05. The minimum atomic E-state index is -4.46. The lowest BCUT2D eigenvalue weighted by Gasteiger charge is -2.11. The summed E-state index contributed by atoms with van der Waals surface area (Å²) in [6, 6.07) is 14.3. The highest BCUT2D eigenvalue weighted by Crippen LogP contribution is 2.30. The average molecular weight is 417 g/mol. The van der Waals surface area contributed by atoms with Crippen LogP contribution in [0.15, 0.2) is 71.3 Å². The summed E-state index contributed by atoms with van der Waals surface area (Å²) >= 11 is 0. The van der Waals surface area contributed by atoms with Crippen LogP contribution in [0.1, 0.15) is 21.7 Å². The van der Waals surface area contributed by atoms with Crippen molar-refractivity contribution in [2.45, 2.75) is 12.7 Å². The zero-order valence-electron chi connectivity index (χ0n) is 15.6. The van der Waals surface area contributed by atoms with Gasteiger partial charge in [-0.15, -0.1) is 0 Å². The molecule has 0 saturated heterocycles. The first-order valence-electron chi connectivity index (χ1n) is 8.93. The minimum Gasteiger partial charge on any atom is -0.467 e. The summed E-state index contributed by atoms with van der Waals surface area (Å²) in [6.07, 6.45) is -2.96. The number of halogens is 3. The summed E-state index contributed by atoms with van der Waals surface area (Å²) in [5, 5.41) is 7.94. The van der Waals surface area contributed by atoms with Crippen LogP contribution in [0.3, 0.4) is 0 Å². The van der Waals surface area contributed by atoms with Crippen molar-refractivity contribution in [2.24, 2.45) is 0 Å². The minimum absolute atomic E-state index is 0.172. The van der Waals surface area contributed by atoms with E-state index in [1.54, 1.807) is 30.3 Å². The molecule has 1 heterocycles. The van der Waals surface area contributed by atoms with Crippen LogP contribution in [-0.2, 0) is 17.5 Å². The number of anilines is 2. The van der Waals surface area contributed by atoms with Gasteiger partial charge in [0.15, 0.2) is 0 Å². The van der Waals surface area contributed by atoms with Crippen molar-refractivity contribution < 1.29 is 27.2 Å². The summed E-state index contributed by atoms with van der Waals surface area (Å²) in [5.74, 6) is -0.210. The van der Waals surface area contributed by atoms with E-state index in [4.69, 9.17) is 4.42 Å². The van der Waals surface area contributed by atoms with Crippen LogP contribution in [0.4, 0.5) is 24.5 Å². The lowest BCUT2D eigenvalue weighted by Crippen LogP contribution is -2.24. The second kappa shape index (κ2) is 9.17. The van der Waals surface area contributed by atoms with E-state index >= 15 is 0 Å². The number of nitrogens with one attached hydrogen (secondary N) is 3. The van der Waals surface area contributed by atoms with Crippen LogP contribution >= 0.6 is 0 Å². The van der Waals surface area contributed by atoms with Gasteiger partial charge < -0.3 is 20.4 Å². The molecule has 2 amide bonds. The van der Waals surface area contributed by atoms with Gasteiger partial charge in [-0.25, -0.2) is 0 Å². The Kier molecular flexibility index (Phi) is 6.41. The fraction of sp³-hybridized carbons (Fsp3) is 0.143. The number of rotatable bonds is 7. The van der Waals surface area contributed by atoms with E-state index in [9.17, 15) is 22.8 Å². The number of amides is 2. The van der Waals surface area contributed by atoms with Gasteiger partial charge in [0, 0.05) is 16.9 Å². The van der Waals surface area contributed by atoms with Crippen LogP contribution < -0.4 is 16.0 Å². The number of furan rings is 1. The second-order valence-corrected chi connectivity index (χ2v) is 6.32. The number of carbonyl (C=O) groups excluding carboxylic acids is 2. The van der Waals surface area contributed by atoms with E-state index in [0.717, 1.165) is 12.1 Å². The lowest BCUT2D eigenvalue weighted by molar-refractivity contribution is -0.137. The third-order valence-corrected chi connectivity index (χ3v) is 4.05. The van der Waals surface area contributed by atoms with Crippen molar-refractivity contribution in [2.75, 3.05) is 17.2 Å². The van der Waals surface area contributed by atoms with Gasteiger partial charge in [-0.2, -0.15) is 13.2 Å². The molecule has 30 heavy (non-hydrogen) atoms. The molecular weight excluding hydrogens is 399 g/mol. The van der Waals surface area contributed by atoms with Gasteiger partial charge in [-0.1, -0.05) is 12.1 Å². The van der Waals surface area contributed by atoms with E-state index < -0.39 is 17.6 Å². The Morgan fingerprint density at radius 2 is 1.70 bits per heavy atom. The lowest BCUT2D eigenvalue weighted by atomic mass is 10.2. The van der Waals surface area contributed by atoms with Crippen LogP contribution in [-0.4, -0.2) is 18.4 Å². The highest BCUT2D eigenvalue weighted by molar-refractivity contribution is 5.98. The van der Waals surface area contributed by atoms with Crippen LogP contribution in [0, 0.1) is 0 Å². The van der Waals surface area contributed by atoms with Crippen LogP contribution in [0.2, 0.25) is 0 Å². The van der Waals surface area contributed by atoms with E-state index in [0.29, 0.717) is 17.0 Å². The van der Waals surface area contributed by atoms with Gasteiger partial charge in [0.2, 0.25) is 5.91 Å². The molecule has 0 saturated carbocycles. The van der Waals surface area contributed by atoms with Gasteiger partial charge >= 0.3 is 6.18 Å². The Labute approximate surface area is 170 Å². The summed E-state index contributed by atoms with van der Waals surface area (Å²) < 4.78 is 43.4. The summed E-state index contributed by atoms with van der Waals surface area (Å²) in [4.78, 5) is 24.4. The predicted octanol–water partition coefficient (Wildman–Crippen LogP) is 4.28. The first-order valence-corrected chi connectivity index (χ1v) is 8.93. The molecule has 3 rings (SSSR count). The van der Waals surface area contributed by atoms with Gasteiger partial charge in [-0.3, -0.25) is 9.59 Å². The van der Waals surface area contributed by atoms with E-state index in [-0.39, 0.29) is 24.7 Å². The van der Waals surface area contributed by atoms with Crippen molar-refractivity contribution >= 4 is 23.2 Å².